The van der Waals surface area contributed by atoms with Gasteiger partial charge in [-0.2, -0.15) is 0 Å². The molecular weight excluding hydrogens is 480 g/mol. The molecule has 170 valence electrons. The second-order valence-electron chi connectivity index (χ2n) is 7.08. The fourth-order valence-electron chi connectivity index (χ4n) is 3.41. The van der Waals surface area contributed by atoms with Crippen molar-refractivity contribution in [1.82, 2.24) is 5.16 Å². The number of rotatable bonds is 8. The van der Waals surface area contributed by atoms with E-state index in [4.69, 9.17) is 25.6 Å². The van der Waals surface area contributed by atoms with Crippen LogP contribution >= 0.6 is 22.9 Å². The minimum absolute atomic E-state index is 0.0262. The molecule has 1 aliphatic heterocycles. The Morgan fingerprint density at radius 1 is 1.34 bits per heavy atom. The molecule has 0 saturated heterocycles. The fourth-order valence-corrected chi connectivity index (χ4v) is 5.97. The zero-order valence-corrected chi connectivity index (χ0v) is 19.5. The maximum absolute atomic E-state index is 13.2. The van der Waals surface area contributed by atoms with Gasteiger partial charge in [-0.05, 0) is 48.9 Å². The average molecular weight is 499 g/mol. The molecule has 9 nitrogen and oxygen atoms in total. The number of nitrogens with one attached hydrogen (secondary N) is 1. The van der Waals surface area contributed by atoms with E-state index in [0.717, 1.165) is 22.5 Å². The maximum atomic E-state index is 13.2. The van der Waals surface area contributed by atoms with E-state index in [9.17, 15) is 18.3 Å². The van der Waals surface area contributed by atoms with Crippen LogP contribution in [0.4, 0.5) is 5.88 Å². The lowest BCUT2D eigenvalue weighted by Crippen LogP contribution is -2.16. The number of fused-ring (bicyclic) bond motifs is 1. The SMILES string of the molecule is Cc1noc(NS(=O)(=O)c2ccsc2C(=O)Cc2c(C)c(CCO)cc3c2OCO3)c1Cl. The second kappa shape index (κ2) is 8.74. The normalized spacial score (nSPS) is 12.9. The molecular formula is C20H19ClN2O7S2. The van der Waals surface area contributed by atoms with Gasteiger partial charge in [-0.1, -0.05) is 16.8 Å². The van der Waals surface area contributed by atoms with Crippen molar-refractivity contribution in [2.45, 2.75) is 31.6 Å². The number of thiophene rings is 1. The molecule has 1 aliphatic rings. The van der Waals surface area contributed by atoms with Crippen molar-refractivity contribution < 1.29 is 32.3 Å². The van der Waals surface area contributed by atoms with Crippen molar-refractivity contribution in [3.8, 4) is 11.5 Å². The number of aliphatic hydroxyl groups is 1. The Balaban J connectivity index is 1.66. The topological polar surface area (TPSA) is 128 Å². The number of hydrogen-bond donors (Lipinski definition) is 2. The zero-order valence-electron chi connectivity index (χ0n) is 17.1. The van der Waals surface area contributed by atoms with Crippen molar-refractivity contribution in [3.63, 3.8) is 0 Å². The summed E-state index contributed by atoms with van der Waals surface area (Å²) in [5.41, 5.74) is 2.56. The van der Waals surface area contributed by atoms with E-state index in [1.807, 2.05) is 6.92 Å². The number of nitrogens with zero attached hydrogens (tertiary/aromatic N) is 1. The predicted octanol–water partition coefficient (Wildman–Crippen LogP) is 3.50. The third-order valence-electron chi connectivity index (χ3n) is 5.06. The summed E-state index contributed by atoms with van der Waals surface area (Å²) in [6.07, 6.45) is 0.297. The van der Waals surface area contributed by atoms with Gasteiger partial charge in [-0.3, -0.25) is 4.79 Å². The third kappa shape index (κ3) is 4.08. The lowest BCUT2D eigenvalue weighted by atomic mass is 9.95. The summed E-state index contributed by atoms with van der Waals surface area (Å²) in [5, 5.41) is 14.5. The van der Waals surface area contributed by atoms with Crippen molar-refractivity contribution in [2.75, 3.05) is 18.1 Å². The highest BCUT2D eigenvalue weighted by molar-refractivity contribution is 7.93. The molecule has 0 saturated carbocycles. The molecule has 12 heteroatoms. The molecule has 0 atom stereocenters. The average Bonchev–Trinajstić information content (AvgIpc) is 3.48. The van der Waals surface area contributed by atoms with Gasteiger partial charge < -0.3 is 19.1 Å². The number of aryl methyl sites for hydroxylation is 1. The highest BCUT2D eigenvalue weighted by Crippen LogP contribution is 2.40. The Bertz CT molecular complexity index is 1300. The van der Waals surface area contributed by atoms with Crippen LogP contribution in [0.5, 0.6) is 11.5 Å². The Morgan fingerprint density at radius 3 is 2.81 bits per heavy atom. The van der Waals surface area contributed by atoms with E-state index in [-0.39, 0.29) is 40.5 Å². The maximum Gasteiger partial charge on any atom is 0.265 e. The number of benzene rings is 1. The van der Waals surface area contributed by atoms with Gasteiger partial charge in [0, 0.05) is 18.6 Å². The summed E-state index contributed by atoms with van der Waals surface area (Å²) in [6, 6.07) is 3.13. The Kier molecular flexibility index (Phi) is 6.17. The first-order valence-electron chi connectivity index (χ1n) is 9.50. The number of aromatic nitrogens is 1. The zero-order chi connectivity index (χ0) is 23.0. The number of carbonyl (C=O) groups excluding carboxylic acids is 1. The second-order valence-corrected chi connectivity index (χ2v) is 10.0. The summed E-state index contributed by atoms with van der Waals surface area (Å²) < 4.78 is 44.0. The summed E-state index contributed by atoms with van der Waals surface area (Å²) >= 11 is 7.02. The number of halogens is 1. The largest absolute Gasteiger partial charge is 0.454 e. The van der Waals surface area contributed by atoms with Crippen LogP contribution in [0.1, 0.15) is 32.1 Å². The molecule has 1 aromatic carbocycles. The van der Waals surface area contributed by atoms with Gasteiger partial charge >= 0.3 is 0 Å². The van der Waals surface area contributed by atoms with Gasteiger partial charge in [0.1, 0.15) is 15.6 Å². The molecule has 3 aromatic rings. The van der Waals surface area contributed by atoms with Crippen LogP contribution in [0.25, 0.3) is 0 Å². The van der Waals surface area contributed by atoms with Crippen LogP contribution in [0.2, 0.25) is 5.02 Å². The van der Waals surface area contributed by atoms with E-state index in [2.05, 4.69) is 9.88 Å². The van der Waals surface area contributed by atoms with E-state index in [0.29, 0.717) is 29.2 Å². The molecule has 32 heavy (non-hydrogen) atoms. The molecule has 0 bridgehead atoms. The van der Waals surface area contributed by atoms with Crippen LogP contribution < -0.4 is 14.2 Å². The molecule has 3 heterocycles. The molecule has 0 aliphatic carbocycles. The first-order valence-corrected chi connectivity index (χ1v) is 12.2. The minimum Gasteiger partial charge on any atom is -0.454 e. The quantitative estimate of drug-likeness (QED) is 0.451. The van der Waals surface area contributed by atoms with Crippen LogP contribution in [-0.4, -0.2) is 37.9 Å². The van der Waals surface area contributed by atoms with Gasteiger partial charge in [-0.25, -0.2) is 13.1 Å². The molecule has 2 N–H and O–H groups in total. The fraction of sp³-hybridized carbons (Fsp3) is 0.300. The van der Waals surface area contributed by atoms with E-state index in [1.54, 1.807) is 13.0 Å². The van der Waals surface area contributed by atoms with E-state index in [1.165, 1.54) is 11.4 Å². The highest BCUT2D eigenvalue weighted by atomic mass is 35.5. The number of hydrogen-bond acceptors (Lipinski definition) is 9. The van der Waals surface area contributed by atoms with Gasteiger partial charge in [0.2, 0.25) is 6.79 Å². The number of anilines is 1. The predicted molar refractivity (Wildman–Crippen MR) is 118 cm³/mol. The molecule has 0 unspecified atom stereocenters. The number of Topliss-reactive ketones (excluding diaryl/α,β-unsaturated/α-hetero) is 1. The first-order chi connectivity index (χ1) is 15.2. The van der Waals surface area contributed by atoms with Crippen LogP contribution in [0, 0.1) is 13.8 Å². The van der Waals surface area contributed by atoms with Crippen molar-refractivity contribution in [2.24, 2.45) is 0 Å². The number of sulfonamides is 1. The Labute approximate surface area is 192 Å². The number of carbonyl (C=O) groups is 1. The standard InChI is InChI=1S/C20H19ClN2O7S2/c1-10-12(3-5-24)7-15-18(29-9-28-15)13(10)8-14(25)19-16(4-6-31-19)32(26,27)23-20-17(21)11(2)22-30-20/h4,6-7,23-24H,3,5,8-9H2,1-2H3. The van der Waals surface area contributed by atoms with Crippen molar-refractivity contribution >= 4 is 44.6 Å². The van der Waals surface area contributed by atoms with Crippen LogP contribution in [0.15, 0.2) is 26.9 Å². The van der Waals surface area contributed by atoms with E-state index >= 15 is 0 Å². The number of ketones is 1. The molecule has 0 spiro atoms. The smallest absolute Gasteiger partial charge is 0.265 e. The molecule has 4 rings (SSSR count). The van der Waals surface area contributed by atoms with Gasteiger partial charge in [0.25, 0.3) is 15.9 Å². The summed E-state index contributed by atoms with van der Waals surface area (Å²) in [4.78, 5) is 13.1. The first kappa shape index (κ1) is 22.6. The highest BCUT2D eigenvalue weighted by Gasteiger charge is 2.29. The lowest BCUT2D eigenvalue weighted by molar-refractivity contribution is 0.0992. The van der Waals surface area contributed by atoms with Crippen LogP contribution in [0.3, 0.4) is 0 Å². The van der Waals surface area contributed by atoms with Crippen LogP contribution in [-0.2, 0) is 22.9 Å². The van der Waals surface area contributed by atoms with Gasteiger partial charge in [-0.15, -0.1) is 11.3 Å². The Hall–Kier alpha value is -2.60. The molecule has 0 radical (unpaired) electrons. The van der Waals surface area contributed by atoms with E-state index < -0.39 is 15.8 Å². The van der Waals surface area contributed by atoms with Gasteiger partial charge in [0.15, 0.2) is 17.3 Å². The Morgan fingerprint density at radius 2 is 2.12 bits per heavy atom. The molecule has 0 fully saturated rings. The van der Waals surface area contributed by atoms with Gasteiger partial charge in [0.05, 0.1) is 4.88 Å². The lowest BCUT2D eigenvalue weighted by Gasteiger charge is -2.14. The third-order valence-corrected chi connectivity index (χ3v) is 7.97. The number of aliphatic hydroxyl groups excluding tert-OH is 1. The minimum atomic E-state index is -4.15. The summed E-state index contributed by atoms with van der Waals surface area (Å²) in [7, 11) is -4.15. The summed E-state index contributed by atoms with van der Waals surface area (Å²) in [6.45, 7) is 3.37. The van der Waals surface area contributed by atoms with Crippen molar-refractivity contribution in [3.05, 3.63) is 49.8 Å². The summed E-state index contributed by atoms with van der Waals surface area (Å²) in [5.74, 6) is 0.338. The molecule has 2 aromatic heterocycles. The monoisotopic (exact) mass is 498 g/mol. The molecule has 0 amide bonds. The number of ether oxygens (including phenoxy) is 2. The van der Waals surface area contributed by atoms with Crippen molar-refractivity contribution in [1.29, 1.82) is 0 Å².